The molecule has 0 saturated carbocycles. The Kier molecular flexibility index (Phi) is 2.73. The zero-order chi connectivity index (χ0) is 10.8. The molecule has 0 aromatic heterocycles. The highest BCUT2D eigenvalue weighted by Crippen LogP contribution is 2.31. The number of benzene rings is 1. The number of fused-ring (bicyclic) bond motifs is 1. The summed E-state index contributed by atoms with van der Waals surface area (Å²) in [6.07, 6.45) is 3.29. The maximum Gasteiger partial charge on any atom is 0.168 e. The Hall–Kier alpha value is -1.35. The van der Waals surface area contributed by atoms with Gasteiger partial charge >= 0.3 is 0 Å². The normalized spacial score (nSPS) is 13.9. The predicted octanol–water partition coefficient (Wildman–Crippen LogP) is 1.41. The molecule has 3 nitrogen and oxygen atoms in total. The maximum absolute atomic E-state index is 11.8. The second-order valence-electron chi connectivity index (χ2n) is 3.91. The lowest BCUT2D eigenvalue weighted by atomic mass is 9.97. The first-order valence-corrected chi connectivity index (χ1v) is 5.31. The number of hydrogen-bond acceptors (Lipinski definition) is 3. The van der Waals surface area contributed by atoms with Gasteiger partial charge in [-0.15, -0.1) is 0 Å². The summed E-state index contributed by atoms with van der Waals surface area (Å²) in [4.78, 5) is 11.8. The third-order valence-electron chi connectivity index (χ3n) is 2.91. The number of phenolic OH excluding ortho intramolecular Hbond substituents is 1. The highest BCUT2D eigenvalue weighted by Gasteiger charge is 2.21. The Balaban J connectivity index is 2.45. The van der Waals surface area contributed by atoms with Crippen molar-refractivity contribution in [2.24, 2.45) is 5.73 Å². The molecule has 0 fully saturated rings. The highest BCUT2D eigenvalue weighted by molar-refractivity contribution is 6.00. The van der Waals surface area contributed by atoms with Crippen molar-refractivity contribution in [1.29, 1.82) is 0 Å². The van der Waals surface area contributed by atoms with Crippen LogP contribution in [0.2, 0.25) is 0 Å². The molecule has 1 aliphatic rings. The largest absolute Gasteiger partial charge is 0.507 e. The van der Waals surface area contributed by atoms with Crippen LogP contribution in [0.3, 0.4) is 0 Å². The summed E-state index contributed by atoms with van der Waals surface area (Å²) in [5, 5.41) is 9.71. The fourth-order valence-corrected chi connectivity index (χ4v) is 2.22. The van der Waals surface area contributed by atoms with Gasteiger partial charge < -0.3 is 10.8 Å². The molecule has 15 heavy (non-hydrogen) atoms. The highest BCUT2D eigenvalue weighted by atomic mass is 16.3. The lowest BCUT2D eigenvalue weighted by Crippen LogP contribution is -2.10. The Bertz CT molecular complexity index is 399. The van der Waals surface area contributed by atoms with Crippen LogP contribution in [-0.4, -0.2) is 17.4 Å². The van der Waals surface area contributed by atoms with E-state index in [0.717, 1.165) is 24.8 Å². The van der Waals surface area contributed by atoms with E-state index in [4.69, 9.17) is 5.73 Å². The van der Waals surface area contributed by atoms with E-state index in [2.05, 4.69) is 0 Å². The van der Waals surface area contributed by atoms with Gasteiger partial charge in [0.2, 0.25) is 0 Å². The molecule has 0 amide bonds. The van der Waals surface area contributed by atoms with Gasteiger partial charge in [-0.1, -0.05) is 6.07 Å². The number of phenols is 1. The first kappa shape index (κ1) is 10.2. The van der Waals surface area contributed by atoms with Crippen molar-refractivity contribution in [3.63, 3.8) is 0 Å². The monoisotopic (exact) mass is 205 g/mol. The smallest absolute Gasteiger partial charge is 0.168 e. The molecule has 0 heterocycles. The van der Waals surface area contributed by atoms with E-state index in [1.54, 1.807) is 6.07 Å². The number of carbonyl (C=O) groups excluding carboxylic acids is 1. The number of Topliss-reactive ketones (excluding diaryl/α,β-unsaturated/α-hetero) is 1. The van der Waals surface area contributed by atoms with Crippen molar-refractivity contribution >= 4 is 5.78 Å². The molecule has 0 unspecified atom stereocenters. The van der Waals surface area contributed by atoms with E-state index in [0.29, 0.717) is 18.5 Å². The molecule has 2 rings (SSSR count). The van der Waals surface area contributed by atoms with Crippen LogP contribution in [-0.2, 0) is 12.8 Å². The molecule has 0 saturated heterocycles. The predicted molar refractivity (Wildman–Crippen MR) is 58.1 cm³/mol. The fourth-order valence-electron chi connectivity index (χ4n) is 2.22. The average molecular weight is 205 g/mol. The molecule has 0 bridgehead atoms. The lowest BCUT2D eigenvalue weighted by Gasteiger charge is -2.09. The topological polar surface area (TPSA) is 63.3 Å². The van der Waals surface area contributed by atoms with Crippen LogP contribution in [0.15, 0.2) is 12.1 Å². The van der Waals surface area contributed by atoms with Gasteiger partial charge in [0.15, 0.2) is 5.78 Å². The second-order valence-corrected chi connectivity index (χ2v) is 3.91. The van der Waals surface area contributed by atoms with E-state index in [1.807, 2.05) is 6.07 Å². The third kappa shape index (κ3) is 1.75. The summed E-state index contributed by atoms with van der Waals surface area (Å²) in [5.74, 6) is 0.0721. The Morgan fingerprint density at radius 1 is 1.40 bits per heavy atom. The first-order valence-electron chi connectivity index (χ1n) is 5.31. The van der Waals surface area contributed by atoms with Crippen LogP contribution in [0.4, 0.5) is 0 Å². The Labute approximate surface area is 88.9 Å². The van der Waals surface area contributed by atoms with Gasteiger partial charge in [-0.3, -0.25) is 4.79 Å². The van der Waals surface area contributed by atoms with E-state index >= 15 is 0 Å². The third-order valence-corrected chi connectivity index (χ3v) is 2.91. The van der Waals surface area contributed by atoms with Gasteiger partial charge in [-0.25, -0.2) is 0 Å². The Morgan fingerprint density at radius 3 is 2.93 bits per heavy atom. The van der Waals surface area contributed by atoms with Crippen molar-refractivity contribution in [3.8, 4) is 5.75 Å². The zero-order valence-electron chi connectivity index (χ0n) is 8.62. The van der Waals surface area contributed by atoms with Gasteiger partial charge in [-0.2, -0.15) is 0 Å². The molecule has 1 aromatic carbocycles. The van der Waals surface area contributed by atoms with Gasteiger partial charge in [0.05, 0.1) is 5.56 Å². The molecule has 3 heteroatoms. The van der Waals surface area contributed by atoms with Crippen LogP contribution < -0.4 is 5.73 Å². The van der Waals surface area contributed by atoms with Crippen LogP contribution in [0.5, 0.6) is 5.75 Å². The van der Waals surface area contributed by atoms with Gasteiger partial charge in [0.25, 0.3) is 0 Å². The lowest BCUT2D eigenvalue weighted by molar-refractivity contribution is 0.0982. The SMILES string of the molecule is NCCC(=O)c1c(O)ccc2c1CCC2. The molecule has 1 aromatic rings. The van der Waals surface area contributed by atoms with Crippen molar-refractivity contribution in [2.75, 3.05) is 6.54 Å². The molecular formula is C12H15NO2. The number of aryl methyl sites for hydroxylation is 1. The average Bonchev–Trinajstić information content (AvgIpc) is 2.65. The van der Waals surface area contributed by atoms with Crippen molar-refractivity contribution in [1.82, 2.24) is 0 Å². The van der Waals surface area contributed by atoms with Crippen molar-refractivity contribution in [3.05, 3.63) is 28.8 Å². The molecule has 0 atom stereocenters. The second kappa shape index (κ2) is 4.03. The number of aromatic hydroxyl groups is 1. The van der Waals surface area contributed by atoms with Crippen LogP contribution in [0.1, 0.15) is 34.3 Å². The molecule has 1 aliphatic carbocycles. The van der Waals surface area contributed by atoms with Gasteiger partial charge in [-0.05, 0) is 43.0 Å². The van der Waals surface area contributed by atoms with Crippen LogP contribution >= 0.6 is 0 Å². The minimum atomic E-state index is -0.0336. The first-order chi connectivity index (χ1) is 7.24. The molecule has 80 valence electrons. The standard InChI is InChI=1S/C12H15NO2/c13-7-6-11(15)12-9-3-1-2-8(9)4-5-10(12)14/h4-5,14H,1-3,6-7,13H2. The van der Waals surface area contributed by atoms with E-state index in [1.165, 1.54) is 5.56 Å². The number of rotatable bonds is 3. The van der Waals surface area contributed by atoms with Gasteiger partial charge in [0, 0.05) is 6.42 Å². The van der Waals surface area contributed by atoms with Gasteiger partial charge in [0.1, 0.15) is 5.75 Å². The molecule has 0 radical (unpaired) electrons. The summed E-state index contributed by atoms with van der Waals surface area (Å²) in [6.45, 7) is 0.335. The number of carbonyl (C=O) groups is 1. The quantitative estimate of drug-likeness (QED) is 0.733. The maximum atomic E-state index is 11.8. The summed E-state index contributed by atoms with van der Waals surface area (Å²) in [6, 6.07) is 3.53. The summed E-state index contributed by atoms with van der Waals surface area (Å²) >= 11 is 0. The summed E-state index contributed by atoms with van der Waals surface area (Å²) in [7, 11) is 0. The van der Waals surface area contributed by atoms with Crippen molar-refractivity contribution < 1.29 is 9.90 Å². The summed E-state index contributed by atoms with van der Waals surface area (Å²) in [5.41, 5.74) is 8.11. The van der Waals surface area contributed by atoms with Crippen LogP contribution in [0.25, 0.3) is 0 Å². The zero-order valence-corrected chi connectivity index (χ0v) is 8.62. The minimum Gasteiger partial charge on any atom is -0.507 e. The number of hydrogen-bond donors (Lipinski definition) is 2. The number of nitrogens with two attached hydrogens (primary N) is 1. The molecule has 3 N–H and O–H groups in total. The van der Waals surface area contributed by atoms with Crippen LogP contribution in [0, 0.1) is 0 Å². The fraction of sp³-hybridized carbons (Fsp3) is 0.417. The number of ketones is 1. The molecule has 0 aliphatic heterocycles. The van der Waals surface area contributed by atoms with E-state index in [9.17, 15) is 9.90 Å². The molecular weight excluding hydrogens is 190 g/mol. The van der Waals surface area contributed by atoms with E-state index < -0.39 is 0 Å². The minimum absolute atomic E-state index is 0.0336. The summed E-state index contributed by atoms with van der Waals surface area (Å²) < 4.78 is 0. The Morgan fingerprint density at radius 2 is 2.20 bits per heavy atom. The van der Waals surface area contributed by atoms with E-state index in [-0.39, 0.29) is 11.5 Å². The van der Waals surface area contributed by atoms with Crippen molar-refractivity contribution in [2.45, 2.75) is 25.7 Å². The molecule has 0 spiro atoms.